The van der Waals surface area contributed by atoms with Gasteiger partial charge in [0.05, 0.1) is 47.8 Å². The number of morpholine rings is 1. The van der Waals surface area contributed by atoms with Gasteiger partial charge in [0.15, 0.2) is 5.78 Å². The number of rotatable bonds is 3. The average molecular weight is 621 g/mol. The number of carbonyl (C=O) groups excluding carboxylic acids is 4. The Morgan fingerprint density at radius 2 is 1.71 bits per heavy atom. The first-order chi connectivity index (χ1) is 21.6. The number of anilines is 1. The number of piperazine rings is 1. The second kappa shape index (κ2) is 11.4. The maximum Gasteiger partial charge on any atom is 0.410 e. The Hall–Kier alpha value is -4.04. The summed E-state index contributed by atoms with van der Waals surface area (Å²) in [6, 6.07) is 4.51. The van der Waals surface area contributed by atoms with Crippen molar-refractivity contribution in [1.29, 1.82) is 0 Å². The molecule has 0 spiro atoms. The predicted octanol–water partition coefficient (Wildman–Crippen LogP) is 3.54. The number of azo groups is 1. The number of urea groups is 2. The fraction of sp³-hybridized carbons (Fsp3) is 0.613. The molecule has 3 atom stereocenters. The molecule has 14 nitrogen and oxygen atoms in total. The van der Waals surface area contributed by atoms with Gasteiger partial charge in [0.1, 0.15) is 11.6 Å². The highest BCUT2D eigenvalue weighted by Crippen LogP contribution is 2.49. The van der Waals surface area contributed by atoms with E-state index in [0.717, 1.165) is 12.0 Å². The zero-order chi connectivity index (χ0) is 31.5. The summed E-state index contributed by atoms with van der Waals surface area (Å²) in [5, 5.41) is 13.6. The zero-order valence-electron chi connectivity index (χ0n) is 26.0. The van der Waals surface area contributed by atoms with E-state index in [9.17, 15) is 19.2 Å². The topological polar surface area (TPSA) is 148 Å². The molecular formula is C31H40N8O6. The molecule has 2 N–H and O–H groups in total. The Kier molecular flexibility index (Phi) is 7.51. The minimum Gasteiger partial charge on any atom is -0.444 e. The lowest BCUT2D eigenvalue weighted by Gasteiger charge is -2.39. The number of hydrazine groups is 1. The first-order valence-electron chi connectivity index (χ1n) is 15.9. The number of nitrogens with one attached hydrogen (secondary N) is 2. The monoisotopic (exact) mass is 620 g/mol. The van der Waals surface area contributed by atoms with Gasteiger partial charge in [-0.2, -0.15) is 10.2 Å². The van der Waals surface area contributed by atoms with E-state index in [1.54, 1.807) is 16.0 Å². The number of likely N-dealkylation sites (tertiary alicyclic amines) is 3. The van der Waals surface area contributed by atoms with E-state index >= 15 is 0 Å². The minimum absolute atomic E-state index is 0.00351. The van der Waals surface area contributed by atoms with Crippen molar-refractivity contribution in [2.45, 2.75) is 63.8 Å². The highest BCUT2D eigenvalue weighted by atomic mass is 16.6. The van der Waals surface area contributed by atoms with E-state index in [1.165, 1.54) is 0 Å². The summed E-state index contributed by atoms with van der Waals surface area (Å²) in [4.78, 5) is 58.2. The highest BCUT2D eigenvalue weighted by molar-refractivity contribution is 6.19. The van der Waals surface area contributed by atoms with Gasteiger partial charge in [0.25, 0.3) is 0 Å². The van der Waals surface area contributed by atoms with E-state index in [1.807, 2.05) is 42.7 Å². The van der Waals surface area contributed by atoms with Crippen LogP contribution in [0.1, 0.15) is 62.0 Å². The van der Waals surface area contributed by atoms with Gasteiger partial charge in [-0.25, -0.2) is 19.4 Å². The Labute approximate surface area is 261 Å². The zero-order valence-corrected chi connectivity index (χ0v) is 26.0. The van der Waals surface area contributed by atoms with Crippen molar-refractivity contribution in [3.63, 3.8) is 0 Å². The van der Waals surface area contributed by atoms with Gasteiger partial charge in [-0.3, -0.25) is 10.2 Å². The van der Waals surface area contributed by atoms with Gasteiger partial charge in [0, 0.05) is 45.2 Å². The number of benzene rings is 1. The maximum absolute atomic E-state index is 13.8. The number of hydrogen-bond acceptors (Lipinski definition) is 9. The SMILES string of the molecule is CC(C)(C)OC(=O)N1C[C@@H]2C[C@H]1CN2C(=O)N1CCC(C2=C3C(=O)c4c(NC(=O)NN5CCOCC5)cccc4C3N=N2)CC1. The molecule has 0 radical (unpaired) electrons. The van der Waals surface area contributed by atoms with Crippen molar-refractivity contribution < 1.29 is 28.7 Å². The summed E-state index contributed by atoms with van der Waals surface area (Å²) in [5.74, 6) is -0.145. The molecule has 6 aliphatic rings. The Balaban J connectivity index is 0.974. The quantitative estimate of drug-likeness (QED) is 0.525. The molecule has 5 heterocycles. The van der Waals surface area contributed by atoms with E-state index in [0.29, 0.717) is 87.8 Å². The molecule has 5 aliphatic heterocycles. The van der Waals surface area contributed by atoms with E-state index in [4.69, 9.17) is 9.47 Å². The molecule has 0 aromatic heterocycles. The van der Waals surface area contributed by atoms with Crippen molar-refractivity contribution in [3.8, 4) is 0 Å². The molecule has 7 rings (SSSR count). The fourth-order valence-corrected chi connectivity index (χ4v) is 7.36. The molecule has 5 amide bonds. The summed E-state index contributed by atoms with van der Waals surface area (Å²) in [5.41, 5.74) is 5.20. The number of nitrogens with zero attached hydrogens (tertiary/aromatic N) is 6. The van der Waals surface area contributed by atoms with Crippen molar-refractivity contribution in [2.75, 3.05) is 57.8 Å². The van der Waals surface area contributed by atoms with E-state index < -0.39 is 17.7 Å². The lowest BCUT2D eigenvalue weighted by atomic mass is 9.89. The van der Waals surface area contributed by atoms with Crippen LogP contribution >= 0.6 is 0 Å². The van der Waals surface area contributed by atoms with Crippen LogP contribution in [0, 0.1) is 5.92 Å². The van der Waals surface area contributed by atoms with Gasteiger partial charge in [-0.1, -0.05) is 12.1 Å². The number of fused-ring (bicyclic) bond motifs is 5. The van der Waals surface area contributed by atoms with Crippen LogP contribution in [0.3, 0.4) is 0 Å². The third-order valence-corrected chi connectivity index (χ3v) is 9.48. The van der Waals surface area contributed by atoms with Crippen LogP contribution in [0.5, 0.6) is 0 Å². The van der Waals surface area contributed by atoms with Gasteiger partial charge >= 0.3 is 18.2 Å². The second-order valence-corrected chi connectivity index (χ2v) is 13.6. The predicted molar refractivity (Wildman–Crippen MR) is 161 cm³/mol. The number of ether oxygens (including phenoxy) is 2. The Morgan fingerprint density at radius 1 is 1.00 bits per heavy atom. The first-order valence-corrected chi connectivity index (χ1v) is 15.9. The van der Waals surface area contributed by atoms with Crippen LogP contribution in [0.25, 0.3) is 0 Å². The van der Waals surface area contributed by atoms with Gasteiger partial charge in [-0.15, -0.1) is 0 Å². The highest BCUT2D eigenvalue weighted by Gasteiger charge is 2.50. The van der Waals surface area contributed by atoms with Crippen molar-refractivity contribution in [3.05, 3.63) is 40.6 Å². The fourth-order valence-electron chi connectivity index (χ4n) is 7.36. The smallest absolute Gasteiger partial charge is 0.410 e. The molecule has 1 unspecified atom stereocenters. The second-order valence-electron chi connectivity index (χ2n) is 13.6. The molecule has 240 valence electrons. The molecule has 1 aromatic carbocycles. The average Bonchev–Trinajstić information content (AvgIpc) is 3.79. The number of piperidine rings is 1. The third kappa shape index (κ3) is 5.54. The number of ketones is 1. The summed E-state index contributed by atoms with van der Waals surface area (Å²) in [6.07, 6.45) is 1.82. The first kappa shape index (κ1) is 29.7. The van der Waals surface area contributed by atoms with E-state index in [-0.39, 0.29) is 35.9 Å². The molecule has 14 heteroatoms. The summed E-state index contributed by atoms with van der Waals surface area (Å²) < 4.78 is 10.9. The number of amides is 5. The van der Waals surface area contributed by atoms with Gasteiger partial charge < -0.3 is 29.5 Å². The molecular weight excluding hydrogens is 580 g/mol. The van der Waals surface area contributed by atoms with Crippen LogP contribution in [-0.4, -0.2) is 114 Å². The molecule has 4 fully saturated rings. The van der Waals surface area contributed by atoms with Crippen molar-refractivity contribution in [1.82, 2.24) is 25.1 Å². The number of hydrogen-bond donors (Lipinski definition) is 2. The number of Topliss-reactive ketones (excluding diaryl/α,β-unsaturated/α-hetero) is 1. The lowest BCUT2D eigenvalue weighted by Crippen LogP contribution is -2.55. The number of allylic oxidation sites excluding steroid dienone is 1. The molecule has 45 heavy (non-hydrogen) atoms. The molecule has 1 aromatic rings. The maximum atomic E-state index is 13.8. The lowest BCUT2D eigenvalue weighted by molar-refractivity contribution is 0.0138. The van der Waals surface area contributed by atoms with Gasteiger partial charge in [-0.05, 0) is 51.7 Å². The molecule has 4 saturated heterocycles. The largest absolute Gasteiger partial charge is 0.444 e. The van der Waals surface area contributed by atoms with Gasteiger partial charge in [0.2, 0.25) is 0 Å². The Bertz CT molecular complexity index is 1470. The van der Waals surface area contributed by atoms with E-state index in [2.05, 4.69) is 21.0 Å². The number of carbonyl (C=O) groups is 4. The molecule has 0 saturated carbocycles. The van der Waals surface area contributed by atoms with Crippen LogP contribution in [0.2, 0.25) is 0 Å². The Morgan fingerprint density at radius 3 is 2.40 bits per heavy atom. The van der Waals surface area contributed by atoms with Crippen LogP contribution in [0.15, 0.2) is 39.7 Å². The summed E-state index contributed by atoms with van der Waals surface area (Å²) in [6.45, 7) is 9.96. The van der Waals surface area contributed by atoms with Crippen molar-refractivity contribution in [2.24, 2.45) is 16.1 Å². The minimum atomic E-state index is -0.557. The molecule has 1 aliphatic carbocycles. The summed E-state index contributed by atoms with van der Waals surface area (Å²) >= 11 is 0. The molecule has 2 bridgehead atoms. The van der Waals surface area contributed by atoms with Crippen LogP contribution < -0.4 is 10.7 Å². The van der Waals surface area contributed by atoms with Crippen LogP contribution in [0.4, 0.5) is 20.1 Å². The van der Waals surface area contributed by atoms with Crippen molar-refractivity contribution >= 4 is 29.6 Å². The standard InChI is InChI=1S/C31H40N8O6/c1-31(2,3)45-30(43)39-17-19-15-20(39)16-38(19)29(42)36-9-7-18(8-10-36)25-24-26(34-33-25)21-5-4-6-22(23(21)27(24)40)32-28(41)35-37-11-13-44-14-12-37/h4-6,18-20,26H,7-17H2,1-3H3,(H2,32,35,41)/t19-,20-,26?/m0/s1. The normalized spacial score (nSPS) is 26.4. The van der Waals surface area contributed by atoms with Crippen LogP contribution in [-0.2, 0) is 9.47 Å². The summed E-state index contributed by atoms with van der Waals surface area (Å²) in [7, 11) is 0. The third-order valence-electron chi connectivity index (χ3n) is 9.48.